The first-order chi connectivity index (χ1) is 13.9. The van der Waals surface area contributed by atoms with Crippen LogP contribution in [-0.2, 0) is 0 Å². The number of hydrogen-bond acceptors (Lipinski definition) is 6. The second-order valence-corrected chi connectivity index (χ2v) is 6.35. The zero-order valence-corrected chi connectivity index (χ0v) is 15.3. The van der Waals surface area contributed by atoms with Gasteiger partial charge in [-0.2, -0.15) is 0 Å². The molecule has 8 nitrogen and oxygen atoms in total. The molecule has 0 radical (unpaired) electrons. The number of anilines is 1. The van der Waals surface area contributed by atoms with Gasteiger partial charge in [-0.1, -0.05) is 12.1 Å². The number of rotatable bonds is 4. The van der Waals surface area contributed by atoms with Crippen LogP contribution in [0, 0.1) is 0 Å². The SMILES string of the molecule is COc1ccc(C(=O)c2ccccc2-n2c(N)c3c(cc2=O)C(=O)NC3=O)cc1. The van der Waals surface area contributed by atoms with E-state index in [0.717, 1.165) is 10.6 Å². The molecular weight excluding hydrogens is 374 g/mol. The first-order valence-corrected chi connectivity index (χ1v) is 8.61. The molecule has 144 valence electrons. The Bertz CT molecular complexity index is 1240. The van der Waals surface area contributed by atoms with Gasteiger partial charge in [0.1, 0.15) is 11.6 Å². The second-order valence-electron chi connectivity index (χ2n) is 6.35. The maximum atomic E-state index is 13.1. The zero-order valence-electron chi connectivity index (χ0n) is 15.3. The van der Waals surface area contributed by atoms with Crippen LogP contribution in [0.2, 0.25) is 0 Å². The summed E-state index contributed by atoms with van der Waals surface area (Å²) in [6.07, 6.45) is 0. The number of nitrogens with zero attached hydrogens (tertiary/aromatic N) is 1. The van der Waals surface area contributed by atoms with Crippen molar-refractivity contribution >= 4 is 23.4 Å². The predicted molar refractivity (Wildman–Crippen MR) is 105 cm³/mol. The number of carbonyl (C=O) groups is 3. The molecule has 0 unspecified atom stereocenters. The highest BCUT2D eigenvalue weighted by molar-refractivity contribution is 6.23. The molecule has 1 aromatic heterocycles. The van der Waals surface area contributed by atoms with E-state index >= 15 is 0 Å². The Morgan fingerprint density at radius 3 is 2.38 bits per heavy atom. The van der Waals surface area contributed by atoms with Crippen molar-refractivity contribution in [2.24, 2.45) is 0 Å². The van der Waals surface area contributed by atoms with E-state index < -0.39 is 17.4 Å². The topological polar surface area (TPSA) is 120 Å². The molecule has 0 saturated heterocycles. The fraction of sp³-hybridized carbons (Fsp3) is 0.0476. The molecule has 2 amide bonds. The number of imide groups is 1. The molecule has 8 heteroatoms. The van der Waals surface area contributed by atoms with Gasteiger partial charge in [0.25, 0.3) is 17.4 Å². The minimum absolute atomic E-state index is 0.0762. The van der Waals surface area contributed by atoms with Crippen molar-refractivity contribution in [3.05, 3.63) is 87.2 Å². The standard InChI is InChI=1S/C21H15N3O5/c1-29-12-8-6-11(7-9-12)18(26)13-4-2-3-5-15(13)24-16(25)10-14-17(19(24)22)21(28)23-20(14)27/h2-10H,22H2,1H3,(H,23,27,28). The number of carbonyl (C=O) groups excluding carboxylic acids is 3. The van der Waals surface area contributed by atoms with Gasteiger partial charge in [0.05, 0.1) is 23.9 Å². The lowest BCUT2D eigenvalue weighted by Crippen LogP contribution is -2.25. The number of hydrogen-bond donors (Lipinski definition) is 2. The van der Waals surface area contributed by atoms with E-state index in [1.807, 2.05) is 0 Å². The molecule has 29 heavy (non-hydrogen) atoms. The number of aromatic nitrogens is 1. The van der Waals surface area contributed by atoms with Crippen LogP contribution in [0.5, 0.6) is 5.75 Å². The smallest absolute Gasteiger partial charge is 0.262 e. The third kappa shape index (κ3) is 2.87. The number of fused-ring (bicyclic) bond motifs is 1. The summed E-state index contributed by atoms with van der Waals surface area (Å²) in [6.45, 7) is 0. The molecule has 0 saturated carbocycles. The van der Waals surface area contributed by atoms with E-state index in [1.165, 1.54) is 7.11 Å². The van der Waals surface area contributed by atoms with Crippen LogP contribution in [0.25, 0.3) is 5.69 Å². The number of nitrogens with two attached hydrogens (primary N) is 1. The van der Waals surface area contributed by atoms with Crippen LogP contribution in [0.15, 0.2) is 59.4 Å². The summed E-state index contributed by atoms with van der Waals surface area (Å²) >= 11 is 0. The average molecular weight is 389 g/mol. The van der Waals surface area contributed by atoms with Gasteiger partial charge in [-0.15, -0.1) is 0 Å². The van der Waals surface area contributed by atoms with E-state index in [9.17, 15) is 19.2 Å². The molecular formula is C21H15N3O5. The van der Waals surface area contributed by atoms with E-state index in [1.54, 1.807) is 48.5 Å². The van der Waals surface area contributed by atoms with Crippen molar-refractivity contribution in [1.82, 2.24) is 9.88 Å². The summed E-state index contributed by atoms with van der Waals surface area (Å²) in [7, 11) is 1.52. The average Bonchev–Trinajstić information content (AvgIpc) is 3.01. The lowest BCUT2D eigenvalue weighted by atomic mass is 10.0. The predicted octanol–water partition coefficient (Wildman–Crippen LogP) is 1.54. The number of ketones is 1. The van der Waals surface area contributed by atoms with Crippen molar-refractivity contribution in [2.45, 2.75) is 0 Å². The summed E-state index contributed by atoms with van der Waals surface area (Å²) in [6, 6.07) is 14.0. The van der Waals surface area contributed by atoms with Crippen molar-refractivity contribution in [2.75, 3.05) is 12.8 Å². The quantitative estimate of drug-likeness (QED) is 0.516. The van der Waals surface area contributed by atoms with Gasteiger partial charge in [-0.05, 0) is 36.4 Å². The summed E-state index contributed by atoms with van der Waals surface area (Å²) in [4.78, 5) is 49.7. The van der Waals surface area contributed by atoms with Gasteiger partial charge in [-0.25, -0.2) is 0 Å². The summed E-state index contributed by atoms with van der Waals surface area (Å²) in [5.41, 5.74) is 6.13. The van der Waals surface area contributed by atoms with Gasteiger partial charge in [0.15, 0.2) is 5.78 Å². The van der Waals surface area contributed by atoms with E-state index in [-0.39, 0.29) is 34.0 Å². The normalized spacial score (nSPS) is 12.4. The zero-order chi connectivity index (χ0) is 20.7. The molecule has 1 aliphatic rings. The Morgan fingerprint density at radius 2 is 1.69 bits per heavy atom. The van der Waals surface area contributed by atoms with E-state index in [4.69, 9.17) is 10.5 Å². The minimum atomic E-state index is -0.685. The number of methoxy groups -OCH3 is 1. The van der Waals surface area contributed by atoms with Crippen molar-refractivity contribution < 1.29 is 19.1 Å². The maximum absolute atomic E-state index is 13.1. The molecule has 2 heterocycles. The highest BCUT2D eigenvalue weighted by atomic mass is 16.5. The Labute approximate surface area is 164 Å². The van der Waals surface area contributed by atoms with Crippen molar-refractivity contribution in [1.29, 1.82) is 0 Å². The van der Waals surface area contributed by atoms with Crippen molar-refractivity contribution in [3.63, 3.8) is 0 Å². The summed E-state index contributed by atoms with van der Waals surface area (Å²) in [5.74, 6) is -1.30. The van der Waals surface area contributed by atoms with Crippen LogP contribution in [-0.4, -0.2) is 29.3 Å². The Balaban J connectivity index is 1.89. The lowest BCUT2D eigenvalue weighted by Gasteiger charge is -2.15. The first kappa shape index (κ1) is 18.2. The van der Waals surface area contributed by atoms with Gasteiger partial charge in [-0.3, -0.25) is 29.1 Å². The molecule has 0 bridgehead atoms. The van der Waals surface area contributed by atoms with Gasteiger partial charge >= 0.3 is 0 Å². The van der Waals surface area contributed by atoms with E-state index in [2.05, 4.69) is 5.32 Å². The Hall–Kier alpha value is -4.20. The number of nitrogens with one attached hydrogen (secondary N) is 1. The third-order valence-electron chi connectivity index (χ3n) is 4.70. The lowest BCUT2D eigenvalue weighted by molar-refractivity contribution is 0.0879. The van der Waals surface area contributed by atoms with E-state index in [0.29, 0.717) is 11.3 Å². The monoisotopic (exact) mass is 389 g/mol. The van der Waals surface area contributed by atoms with Crippen molar-refractivity contribution in [3.8, 4) is 11.4 Å². The molecule has 1 aliphatic heterocycles. The minimum Gasteiger partial charge on any atom is -0.497 e. The van der Waals surface area contributed by atoms with Crippen LogP contribution in [0.1, 0.15) is 36.6 Å². The first-order valence-electron chi connectivity index (χ1n) is 8.61. The number of pyridine rings is 1. The summed E-state index contributed by atoms with van der Waals surface area (Å²) < 4.78 is 6.17. The number of nitrogen functional groups attached to an aromatic ring is 1. The molecule has 4 rings (SSSR count). The second kappa shape index (κ2) is 6.75. The van der Waals surface area contributed by atoms with Gasteiger partial charge in [0.2, 0.25) is 0 Å². The van der Waals surface area contributed by atoms with Gasteiger partial charge < -0.3 is 10.5 Å². The fourth-order valence-electron chi connectivity index (χ4n) is 3.29. The molecule has 3 aromatic rings. The fourth-order valence-corrected chi connectivity index (χ4v) is 3.29. The molecule has 0 atom stereocenters. The van der Waals surface area contributed by atoms with Crippen LogP contribution in [0.3, 0.4) is 0 Å². The Kier molecular flexibility index (Phi) is 4.23. The third-order valence-corrected chi connectivity index (χ3v) is 4.70. The molecule has 0 aliphatic carbocycles. The number of ether oxygens (including phenoxy) is 1. The number of amides is 2. The molecule has 0 fully saturated rings. The maximum Gasteiger partial charge on any atom is 0.262 e. The van der Waals surface area contributed by atoms with Crippen LogP contribution in [0.4, 0.5) is 5.82 Å². The molecule has 2 aromatic carbocycles. The largest absolute Gasteiger partial charge is 0.497 e. The summed E-state index contributed by atoms with van der Waals surface area (Å²) in [5, 5.41) is 2.11. The molecule has 0 spiro atoms. The molecule has 3 N–H and O–H groups in total. The number of benzene rings is 2. The Morgan fingerprint density at radius 1 is 1.00 bits per heavy atom. The number of para-hydroxylation sites is 1. The van der Waals surface area contributed by atoms with Crippen LogP contribution < -0.4 is 21.3 Å². The van der Waals surface area contributed by atoms with Gasteiger partial charge in [0, 0.05) is 17.2 Å². The van der Waals surface area contributed by atoms with Crippen LogP contribution >= 0.6 is 0 Å². The highest BCUT2D eigenvalue weighted by Crippen LogP contribution is 2.26. The highest BCUT2D eigenvalue weighted by Gasteiger charge is 2.32.